The summed E-state index contributed by atoms with van der Waals surface area (Å²) in [6.45, 7) is 0. The number of carbonyl (C=O) groups is 2. The van der Waals surface area contributed by atoms with Crippen LogP contribution in [0.2, 0.25) is 0 Å². The van der Waals surface area contributed by atoms with Gasteiger partial charge < -0.3 is 0 Å². The van der Waals surface area contributed by atoms with Gasteiger partial charge in [-0.05, 0) is 86.4 Å². The molecular weight excluding hydrogens is 271 g/mol. The van der Waals surface area contributed by atoms with E-state index in [0.717, 1.165) is 63.2 Å². The highest BCUT2D eigenvalue weighted by atomic mass is 35.5. The van der Waals surface area contributed by atoms with Crippen LogP contribution in [0.25, 0.3) is 0 Å². The van der Waals surface area contributed by atoms with Crippen LogP contribution < -0.4 is 0 Å². The van der Waals surface area contributed by atoms with Gasteiger partial charge in [-0.3, -0.25) is 9.59 Å². The second kappa shape index (κ2) is 6.38. The Morgan fingerprint density at radius 2 is 0.889 bits per heavy atom. The quantitative estimate of drug-likeness (QED) is 0.733. The van der Waals surface area contributed by atoms with E-state index in [1.807, 2.05) is 0 Å². The number of rotatable bonds is 3. The highest BCUT2D eigenvalue weighted by Crippen LogP contribution is 2.42. The number of halogens is 2. The van der Waals surface area contributed by atoms with Crippen molar-refractivity contribution in [2.45, 2.75) is 51.4 Å². The standard InChI is InChI=1S/C14H20Cl2O2/c15-13(17)11-5-1-9(2-6-11)10-3-7-12(8-4-10)14(16)18/h9-12H,1-8H2. The molecule has 102 valence electrons. The van der Waals surface area contributed by atoms with Crippen molar-refractivity contribution in [3.8, 4) is 0 Å². The normalized spacial score (nSPS) is 37.2. The zero-order valence-corrected chi connectivity index (χ0v) is 12.1. The number of hydrogen-bond donors (Lipinski definition) is 0. The Kier molecular flexibility index (Phi) is 5.08. The monoisotopic (exact) mass is 290 g/mol. The fraction of sp³-hybridized carbons (Fsp3) is 0.857. The second-order valence-corrected chi connectivity index (χ2v) is 6.58. The van der Waals surface area contributed by atoms with Gasteiger partial charge in [-0.2, -0.15) is 0 Å². The molecule has 0 bridgehead atoms. The van der Waals surface area contributed by atoms with Crippen LogP contribution in [0.15, 0.2) is 0 Å². The first kappa shape index (κ1) is 14.3. The summed E-state index contributed by atoms with van der Waals surface area (Å²) in [6.07, 6.45) is 8.26. The first-order valence-electron chi connectivity index (χ1n) is 6.96. The molecular formula is C14H20Cl2O2. The third kappa shape index (κ3) is 3.48. The first-order chi connectivity index (χ1) is 8.58. The molecule has 2 saturated carbocycles. The van der Waals surface area contributed by atoms with E-state index in [4.69, 9.17) is 23.2 Å². The third-order valence-electron chi connectivity index (χ3n) is 4.85. The van der Waals surface area contributed by atoms with Crippen molar-refractivity contribution in [2.75, 3.05) is 0 Å². The molecule has 2 fully saturated rings. The summed E-state index contributed by atoms with van der Waals surface area (Å²) in [6, 6.07) is 0. The number of carbonyl (C=O) groups excluding carboxylic acids is 2. The lowest BCUT2D eigenvalue weighted by Gasteiger charge is -2.36. The molecule has 0 aromatic rings. The van der Waals surface area contributed by atoms with Crippen molar-refractivity contribution in [1.82, 2.24) is 0 Å². The highest BCUT2D eigenvalue weighted by molar-refractivity contribution is 6.64. The Morgan fingerprint density at radius 1 is 0.611 bits per heavy atom. The van der Waals surface area contributed by atoms with Gasteiger partial charge in [0.05, 0.1) is 0 Å². The second-order valence-electron chi connectivity index (χ2n) is 5.83. The van der Waals surface area contributed by atoms with Gasteiger partial charge in [0, 0.05) is 11.8 Å². The van der Waals surface area contributed by atoms with E-state index in [-0.39, 0.29) is 22.3 Å². The molecule has 0 aromatic heterocycles. The smallest absolute Gasteiger partial charge is 0.224 e. The van der Waals surface area contributed by atoms with Crippen molar-refractivity contribution in [1.29, 1.82) is 0 Å². The van der Waals surface area contributed by atoms with Crippen molar-refractivity contribution < 1.29 is 9.59 Å². The molecule has 0 amide bonds. The van der Waals surface area contributed by atoms with E-state index >= 15 is 0 Å². The Bertz CT molecular complexity index is 282. The first-order valence-corrected chi connectivity index (χ1v) is 7.72. The molecule has 0 saturated heterocycles. The van der Waals surface area contributed by atoms with Gasteiger partial charge in [0.15, 0.2) is 0 Å². The van der Waals surface area contributed by atoms with Crippen LogP contribution in [-0.2, 0) is 9.59 Å². The van der Waals surface area contributed by atoms with Gasteiger partial charge >= 0.3 is 0 Å². The topological polar surface area (TPSA) is 34.1 Å². The van der Waals surface area contributed by atoms with E-state index in [1.165, 1.54) is 0 Å². The predicted molar refractivity (Wildman–Crippen MR) is 72.6 cm³/mol. The minimum Gasteiger partial charge on any atom is -0.281 e. The van der Waals surface area contributed by atoms with Crippen LogP contribution in [-0.4, -0.2) is 10.5 Å². The molecule has 2 rings (SSSR count). The van der Waals surface area contributed by atoms with Gasteiger partial charge in [-0.15, -0.1) is 0 Å². The van der Waals surface area contributed by atoms with Gasteiger partial charge in [-0.25, -0.2) is 0 Å². The number of hydrogen-bond acceptors (Lipinski definition) is 2. The SMILES string of the molecule is O=C(Cl)C1CCC(C2CCC(C(=O)Cl)CC2)CC1. The van der Waals surface area contributed by atoms with Crippen molar-refractivity contribution in [3.05, 3.63) is 0 Å². The highest BCUT2D eigenvalue weighted by Gasteiger charge is 2.33. The lowest BCUT2D eigenvalue weighted by molar-refractivity contribution is -0.117. The summed E-state index contributed by atoms with van der Waals surface area (Å²) >= 11 is 11.1. The van der Waals surface area contributed by atoms with Gasteiger partial charge in [-0.1, -0.05) is 0 Å². The summed E-state index contributed by atoms with van der Waals surface area (Å²) in [5.74, 6) is 1.62. The molecule has 0 aliphatic heterocycles. The third-order valence-corrected chi connectivity index (χ3v) is 5.47. The van der Waals surface area contributed by atoms with E-state index in [1.54, 1.807) is 0 Å². The van der Waals surface area contributed by atoms with Crippen LogP contribution in [0.5, 0.6) is 0 Å². The average molecular weight is 291 g/mol. The molecule has 2 aliphatic carbocycles. The van der Waals surface area contributed by atoms with Gasteiger partial charge in [0.2, 0.25) is 10.5 Å². The molecule has 2 nitrogen and oxygen atoms in total. The summed E-state index contributed by atoms with van der Waals surface area (Å²) in [4.78, 5) is 22.2. The molecule has 0 N–H and O–H groups in total. The molecule has 18 heavy (non-hydrogen) atoms. The summed E-state index contributed by atoms with van der Waals surface area (Å²) in [5.41, 5.74) is 0. The van der Waals surface area contributed by atoms with Gasteiger partial charge in [0.25, 0.3) is 0 Å². The van der Waals surface area contributed by atoms with Crippen molar-refractivity contribution >= 4 is 33.7 Å². The Hall–Kier alpha value is -0.0800. The molecule has 0 heterocycles. The average Bonchev–Trinajstić information content (AvgIpc) is 2.39. The molecule has 0 spiro atoms. The van der Waals surface area contributed by atoms with E-state index in [9.17, 15) is 9.59 Å². The maximum atomic E-state index is 11.1. The fourth-order valence-corrected chi connectivity index (χ4v) is 4.07. The lowest BCUT2D eigenvalue weighted by atomic mass is 9.69. The molecule has 0 unspecified atom stereocenters. The predicted octanol–water partition coefficient (Wildman–Crippen LogP) is 4.13. The Morgan fingerprint density at radius 3 is 1.11 bits per heavy atom. The Balaban J connectivity index is 1.78. The molecule has 0 atom stereocenters. The van der Waals surface area contributed by atoms with Crippen molar-refractivity contribution in [3.63, 3.8) is 0 Å². The molecule has 4 heteroatoms. The zero-order chi connectivity index (χ0) is 13.1. The maximum Gasteiger partial charge on any atom is 0.224 e. The molecule has 0 radical (unpaired) electrons. The van der Waals surface area contributed by atoms with E-state index < -0.39 is 0 Å². The van der Waals surface area contributed by atoms with E-state index in [0.29, 0.717) is 0 Å². The van der Waals surface area contributed by atoms with Gasteiger partial charge in [0.1, 0.15) is 0 Å². The minimum absolute atomic E-state index is 0.0867. The van der Waals surface area contributed by atoms with E-state index in [2.05, 4.69) is 0 Å². The van der Waals surface area contributed by atoms with Crippen LogP contribution in [0.4, 0.5) is 0 Å². The summed E-state index contributed by atoms with van der Waals surface area (Å²) < 4.78 is 0. The summed E-state index contributed by atoms with van der Waals surface area (Å²) in [7, 11) is 0. The lowest BCUT2D eigenvalue weighted by Crippen LogP contribution is -2.28. The summed E-state index contributed by atoms with van der Waals surface area (Å²) in [5, 5.41) is -0.324. The minimum atomic E-state index is -0.162. The van der Waals surface area contributed by atoms with Crippen LogP contribution >= 0.6 is 23.2 Å². The fourth-order valence-electron chi connectivity index (χ4n) is 3.64. The Labute approximate surface area is 118 Å². The van der Waals surface area contributed by atoms with Crippen LogP contribution in [0, 0.1) is 23.7 Å². The van der Waals surface area contributed by atoms with Crippen LogP contribution in [0.3, 0.4) is 0 Å². The zero-order valence-electron chi connectivity index (χ0n) is 10.5. The largest absolute Gasteiger partial charge is 0.281 e. The maximum absolute atomic E-state index is 11.1. The van der Waals surface area contributed by atoms with Crippen LogP contribution in [0.1, 0.15) is 51.4 Å². The molecule has 2 aliphatic rings. The van der Waals surface area contributed by atoms with Crippen molar-refractivity contribution in [2.24, 2.45) is 23.7 Å². The molecule has 0 aromatic carbocycles.